The maximum Gasteiger partial charge on any atom is -0.0356 e. The topological polar surface area (TPSA) is 0 Å². The Labute approximate surface area is 73.9 Å². The van der Waals surface area contributed by atoms with Gasteiger partial charge < -0.3 is 0 Å². The van der Waals surface area contributed by atoms with E-state index in [2.05, 4.69) is 20.5 Å². The molecule has 0 bridgehead atoms. The zero-order valence-electron chi connectivity index (χ0n) is 8.32. The van der Waals surface area contributed by atoms with Gasteiger partial charge in [0, 0.05) is 0 Å². The number of hydrogen-bond acceptors (Lipinski definition) is 0. The molecular formula is C10H23P. The van der Waals surface area contributed by atoms with Crippen LogP contribution in [0.1, 0.15) is 46.0 Å². The van der Waals surface area contributed by atoms with E-state index in [4.69, 9.17) is 0 Å². The summed E-state index contributed by atoms with van der Waals surface area (Å²) in [6, 6.07) is 0. The van der Waals surface area contributed by atoms with Gasteiger partial charge in [-0.3, -0.25) is 0 Å². The first-order valence-electron chi connectivity index (χ1n) is 4.95. The molecular weight excluding hydrogens is 151 g/mol. The molecule has 0 amide bonds. The molecule has 0 aromatic rings. The van der Waals surface area contributed by atoms with Gasteiger partial charge in [0.05, 0.1) is 0 Å². The summed E-state index contributed by atoms with van der Waals surface area (Å²) in [7, 11) is 1.16. The Morgan fingerprint density at radius 1 is 1.18 bits per heavy atom. The number of unbranched alkanes of at least 4 members (excludes halogenated alkanes) is 2. The molecule has 1 heteroatoms. The molecule has 0 saturated carbocycles. The van der Waals surface area contributed by atoms with E-state index in [1.165, 1.54) is 38.3 Å². The van der Waals surface area contributed by atoms with Gasteiger partial charge >= 0.3 is 0 Å². The normalized spacial score (nSPS) is 14.5. The van der Waals surface area contributed by atoms with Gasteiger partial charge in [-0.05, 0) is 25.2 Å². The molecule has 0 aromatic heterocycles. The minimum atomic E-state index is 0.957. The minimum absolute atomic E-state index is 0.957. The van der Waals surface area contributed by atoms with Gasteiger partial charge in [0.2, 0.25) is 0 Å². The summed E-state index contributed by atoms with van der Waals surface area (Å²) in [5.74, 6) is 0.957. The molecule has 11 heavy (non-hydrogen) atoms. The molecule has 0 fully saturated rings. The molecule has 0 spiro atoms. The Morgan fingerprint density at radius 3 is 2.45 bits per heavy atom. The summed E-state index contributed by atoms with van der Waals surface area (Å²) in [5.41, 5.74) is 0. The highest BCUT2D eigenvalue weighted by molar-refractivity contribution is 7.36. The van der Waals surface area contributed by atoms with Crippen molar-refractivity contribution in [3.63, 3.8) is 0 Å². The fraction of sp³-hybridized carbons (Fsp3) is 1.00. The largest absolute Gasteiger partial charge is 0.125 e. The Hall–Kier alpha value is 0.430. The molecule has 0 aliphatic heterocycles. The van der Waals surface area contributed by atoms with E-state index >= 15 is 0 Å². The lowest BCUT2D eigenvalue weighted by Gasteiger charge is -2.06. The lowest BCUT2D eigenvalue weighted by Crippen LogP contribution is -1.91. The highest BCUT2D eigenvalue weighted by Gasteiger charge is 1.97. The van der Waals surface area contributed by atoms with Crippen molar-refractivity contribution in [2.24, 2.45) is 5.92 Å². The van der Waals surface area contributed by atoms with E-state index in [0.29, 0.717) is 0 Å². The van der Waals surface area contributed by atoms with Gasteiger partial charge in [0.15, 0.2) is 0 Å². The molecule has 0 radical (unpaired) electrons. The van der Waals surface area contributed by atoms with Crippen LogP contribution in [-0.2, 0) is 0 Å². The van der Waals surface area contributed by atoms with E-state index in [1.54, 1.807) is 0 Å². The second kappa shape index (κ2) is 8.53. The lowest BCUT2D eigenvalue weighted by molar-refractivity contribution is 0.483. The summed E-state index contributed by atoms with van der Waals surface area (Å²) in [6.45, 7) is 6.95. The molecule has 0 heterocycles. The van der Waals surface area contributed by atoms with Gasteiger partial charge in [-0.25, -0.2) is 0 Å². The van der Waals surface area contributed by atoms with E-state index in [0.717, 1.165) is 14.5 Å². The van der Waals surface area contributed by atoms with Crippen LogP contribution in [0.15, 0.2) is 0 Å². The zero-order chi connectivity index (χ0) is 8.53. The number of hydrogen-bond donors (Lipinski definition) is 0. The molecule has 0 aliphatic carbocycles. The quantitative estimate of drug-likeness (QED) is 0.405. The third kappa shape index (κ3) is 8.34. The molecule has 68 valence electrons. The third-order valence-electron chi connectivity index (χ3n) is 2.32. The minimum Gasteiger partial charge on any atom is -0.125 e. The Bertz CT molecular complexity index is 71.3. The predicted octanol–water partition coefficient (Wildman–Crippen LogP) is 3.90. The molecule has 0 rings (SSSR count). The standard InChI is InChI=1S/C10H23P/c1-4-10(2)8-6-5-7-9-11-3/h10-11H,4-9H2,1-3H3. The van der Waals surface area contributed by atoms with Crippen LogP contribution in [0.25, 0.3) is 0 Å². The average molecular weight is 174 g/mol. The van der Waals surface area contributed by atoms with Crippen LogP contribution in [0, 0.1) is 5.92 Å². The molecule has 2 unspecified atom stereocenters. The molecule has 0 aromatic carbocycles. The predicted molar refractivity (Wildman–Crippen MR) is 57.0 cm³/mol. The SMILES string of the molecule is CCC(C)CCCCCPC. The summed E-state index contributed by atoms with van der Waals surface area (Å²) < 4.78 is 0. The highest BCUT2D eigenvalue weighted by Crippen LogP contribution is 2.14. The molecule has 0 N–H and O–H groups in total. The van der Waals surface area contributed by atoms with E-state index in [9.17, 15) is 0 Å². The van der Waals surface area contributed by atoms with Crippen LogP contribution in [0.5, 0.6) is 0 Å². The fourth-order valence-corrected chi connectivity index (χ4v) is 1.78. The van der Waals surface area contributed by atoms with Crippen molar-refractivity contribution in [3.8, 4) is 0 Å². The van der Waals surface area contributed by atoms with Crippen LogP contribution < -0.4 is 0 Å². The van der Waals surface area contributed by atoms with E-state index in [-0.39, 0.29) is 0 Å². The van der Waals surface area contributed by atoms with E-state index < -0.39 is 0 Å². The van der Waals surface area contributed by atoms with Crippen LogP contribution in [0.3, 0.4) is 0 Å². The van der Waals surface area contributed by atoms with Gasteiger partial charge in [-0.1, -0.05) is 39.5 Å². The van der Waals surface area contributed by atoms with Crippen molar-refractivity contribution in [1.82, 2.24) is 0 Å². The van der Waals surface area contributed by atoms with Crippen molar-refractivity contribution in [2.45, 2.75) is 46.0 Å². The van der Waals surface area contributed by atoms with Crippen molar-refractivity contribution in [1.29, 1.82) is 0 Å². The summed E-state index contributed by atoms with van der Waals surface area (Å²) >= 11 is 0. The lowest BCUT2D eigenvalue weighted by atomic mass is 10.0. The Balaban J connectivity index is 2.89. The maximum atomic E-state index is 2.36. The van der Waals surface area contributed by atoms with Crippen LogP contribution in [0.4, 0.5) is 0 Å². The molecule has 0 nitrogen and oxygen atoms in total. The second-order valence-corrected chi connectivity index (χ2v) is 4.67. The van der Waals surface area contributed by atoms with Crippen molar-refractivity contribution in [2.75, 3.05) is 12.8 Å². The smallest absolute Gasteiger partial charge is 0.0356 e. The van der Waals surface area contributed by atoms with Crippen molar-refractivity contribution >= 4 is 8.58 Å². The maximum absolute atomic E-state index is 2.36. The van der Waals surface area contributed by atoms with Crippen LogP contribution in [0.2, 0.25) is 0 Å². The van der Waals surface area contributed by atoms with Gasteiger partial charge in [0.1, 0.15) is 0 Å². The fourth-order valence-electron chi connectivity index (χ4n) is 1.18. The van der Waals surface area contributed by atoms with E-state index in [1.807, 2.05) is 0 Å². The first kappa shape index (κ1) is 11.4. The summed E-state index contributed by atoms with van der Waals surface area (Å²) in [5, 5.41) is 0. The number of rotatable bonds is 7. The third-order valence-corrected chi connectivity index (χ3v) is 3.17. The first-order chi connectivity index (χ1) is 5.31. The molecule has 0 saturated heterocycles. The first-order valence-corrected chi connectivity index (χ1v) is 6.66. The van der Waals surface area contributed by atoms with Gasteiger partial charge in [-0.15, -0.1) is 8.58 Å². The van der Waals surface area contributed by atoms with Gasteiger partial charge in [-0.2, -0.15) is 0 Å². The van der Waals surface area contributed by atoms with Crippen LogP contribution >= 0.6 is 8.58 Å². The molecule has 2 atom stereocenters. The summed E-state index contributed by atoms with van der Waals surface area (Å²) in [4.78, 5) is 0. The van der Waals surface area contributed by atoms with Gasteiger partial charge in [0.25, 0.3) is 0 Å². The zero-order valence-corrected chi connectivity index (χ0v) is 9.32. The highest BCUT2D eigenvalue weighted by atomic mass is 31.1. The molecule has 0 aliphatic rings. The monoisotopic (exact) mass is 174 g/mol. The average Bonchev–Trinajstić information content (AvgIpc) is 2.04. The second-order valence-electron chi connectivity index (χ2n) is 3.47. The van der Waals surface area contributed by atoms with Crippen LogP contribution in [-0.4, -0.2) is 12.8 Å². The summed E-state index contributed by atoms with van der Waals surface area (Å²) in [6.07, 6.45) is 8.65. The Kier molecular flexibility index (Phi) is 8.86. The van der Waals surface area contributed by atoms with Crippen molar-refractivity contribution in [3.05, 3.63) is 0 Å². The van der Waals surface area contributed by atoms with Crippen molar-refractivity contribution < 1.29 is 0 Å². The Morgan fingerprint density at radius 2 is 1.91 bits per heavy atom.